The van der Waals surface area contributed by atoms with E-state index in [0.717, 1.165) is 53.6 Å². The first-order valence-electron chi connectivity index (χ1n) is 13.9. The van der Waals surface area contributed by atoms with Crippen LogP contribution >= 0.6 is 30.2 Å². The fourth-order valence-corrected chi connectivity index (χ4v) is 7.27. The van der Waals surface area contributed by atoms with Crippen molar-refractivity contribution in [1.82, 2.24) is 0 Å². The Morgan fingerprint density at radius 1 is 0.683 bits per heavy atom. The van der Waals surface area contributed by atoms with E-state index in [9.17, 15) is 4.89 Å². The first-order valence-corrected chi connectivity index (χ1v) is 17.4. The topological polar surface area (TPSA) is 66.1 Å². The van der Waals surface area contributed by atoms with E-state index in [-0.39, 0.29) is 0 Å². The molecule has 0 bridgehead atoms. The van der Waals surface area contributed by atoms with Crippen LogP contribution in [0.3, 0.4) is 0 Å². The van der Waals surface area contributed by atoms with E-state index in [4.69, 9.17) is 23.4 Å². The van der Waals surface area contributed by atoms with E-state index in [1.165, 1.54) is 0 Å². The third-order valence-electron chi connectivity index (χ3n) is 7.07. The summed E-state index contributed by atoms with van der Waals surface area (Å²) in [5, 5.41) is 0. The van der Waals surface area contributed by atoms with Gasteiger partial charge in [-0.3, -0.25) is 0 Å². The van der Waals surface area contributed by atoms with E-state index >= 15 is 0 Å². The average molecular weight is 620 g/mol. The lowest BCUT2D eigenvalue weighted by Gasteiger charge is -2.36. The van der Waals surface area contributed by atoms with Crippen molar-refractivity contribution in [3.63, 3.8) is 0 Å². The summed E-state index contributed by atoms with van der Waals surface area (Å²) in [6.45, 7) is 9.20. The zero-order valence-electron chi connectivity index (χ0n) is 24.6. The molecule has 0 N–H and O–H groups in total. The Hall–Kier alpha value is -1.81. The summed E-state index contributed by atoms with van der Waals surface area (Å²) in [7, 11) is 4.54. The molecule has 0 aliphatic rings. The highest BCUT2D eigenvalue weighted by atomic mass is 33.1. The van der Waals surface area contributed by atoms with E-state index in [1.54, 1.807) is 35.8 Å². The lowest BCUT2D eigenvalue weighted by atomic mass is 9.80. The summed E-state index contributed by atoms with van der Waals surface area (Å²) in [5.41, 5.74) is 2.22. The number of hydrogen-bond acceptors (Lipinski definition) is 7. The zero-order chi connectivity index (χ0) is 29.6. The van der Waals surface area contributed by atoms with Gasteiger partial charge in [0.25, 0.3) is 0 Å². The van der Waals surface area contributed by atoms with Gasteiger partial charge in [0.05, 0.1) is 27.4 Å². The second-order valence-electron chi connectivity index (χ2n) is 9.14. The molecule has 0 amide bonds. The predicted octanol–water partition coefficient (Wildman–Crippen LogP) is 7.88. The van der Waals surface area contributed by atoms with Crippen molar-refractivity contribution < 1.29 is 32.9 Å². The zero-order valence-corrected chi connectivity index (χ0v) is 27.1. The molecule has 3 aromatic carbocycles. The van der Waals surface area contributed by atoms with Crippen LogP contribution in [-0.4, -0.2) is 63.2 Å². The van der Waals surface area contributed by atoms with Gasteiger partial charge in [0.1, 0.15) is 36.7 Å². The van der Waals surface area contributed by atoms with Crippen molar-refractivity contribution >= 4 is 30.2 Å². The molecule has 0 heterocycles. The molecule has 3 aromatic rings. The van der Waals surface area contributed by atoms with E-state index < -0.39 is 14.2 Å². The van der Waals surface area contributed by atoms with Gasteiger partial charge < -0.3 is 18.7 Å². The molecule has 1 atom stereocenters. The van der Waals surface area contributed by atoms with Gasteiger partial charge in [0.2, 0.25) is 0 Å². The Kier molecular flexibility index (Phi) is 14.2. The third-order valence-corrected chi connectivity index (χ3v) is 10.3. The minimum Gasteiger partial charge on any atom is -0.497 e. The summed E-state index contributed by atoms with van der Waals surface area (Å²) >= 11 is 0. The van der Waals surface area contributed by atoms with E-state index in [1.807, 2.05) is 63.2 Å². The van der Waals surface area contributed by atoms with Gasteiger partial charge in [0.15, 0.2) is 0 Å². The monoisotopic (exact) mass is 619 g/mol. The molecule has 223 valence electrons. The van der Waals surface area contributed by atoms with E-state index in [0.29, 0.717) is 23.6 Å². The van der Waals surface area contributed by atoms with Gasteiger partial charge in [-0.1, -0.05) is 76.2 Å². The quantitative estimate of drug-likeness (QED) is 0.0338. The van der Waals surface area contributed by atoms with Crippen LogP contribution in [0, 0.1) is 0 Å². The Labute approximate surface area is 254 Å². The van der Waals surface area contributed by atoms with Gasteiger partial charge in [-0.15, -0.1) is 9.52 Å². The first kappa shape index (κ1) is 33.7. The smallest absolute Gasteiger partial charge is 0.421 e. The average Bonchev–Trinajstić information content (AvgIpc) is 3.04. The second-order valence-corrected chi connectivity index (χ2v) is 12.7. The third kappa shape index (κ3) is 9.09. The fourth-order valence-electron chi connectivity index (χ4n) is 4.58. The number of methoxy groups -OCH3 is 2. The SMILES string of the molecule is CC[N+](CC)(CC)OP([O])OCCSSCCOC(c1ccccc1)(c1ccc(OC)cc1)c1ccc(OC)cc1. The van der Waals surface area contributed by atoms with Gasteiger partial charge in [0, 0.05) is 11.5 Å². The summed E-state index contributed by atoms with van der Waals surface area (Å²) in [6.07, 6.45) is 0. The first-order chi connectivity index (χ1) is 20.0. The molecule has 1 unspecified atom stereocenters. The maximum absolute atomic E-state index is 12.3. The van der Waals surface area contributed by atoms with Gasteiger partial charge >= 0.3 is 8.60 Å². The van der Waals surface area contributed by atoms with Gasteiger partial charge in [-0.2, -0.15) is 4.65 Å². The lowest BCUT2D eigenvalue weighted by Crippen LogP contribution is -2.45. The minimum atomic E-state index is -2.16. The van der Waals surface area contributed by atoms with E-state index in [2.05, 4.69) is 36.4 Å². The standard InChI is InChI=1S/C31H42NO6PS2/c1-6-32(7-2,8-3)38-39(33)37-23-25-41-40-24-22-36-31(26-12-10-9-11-13-26,27-14-18-29(34-4)19-15-27)28-16-20-30(35-5)21-17-28/h9-21H,6-8,22-25H2,1-5H3/q+1. The summed E-state index contributed by atoms with van der Waals surface area (Å²) in [6, 6.07) is 26.3. The number of hydroxylamine groups is 3. The van der Waals surface area contributed by atoms with Crippen molar-refractivity contribution in [2.45, 2.75) is 26.4 Å². The van der Waals surface area contributed by atoms with Crippen LogP contribution in [0.1, 0.15) is 37.5 Å². The van der Waals surface area contributed by atoms with Crippen LogP contribution in [0.5, 0.6) is 11.5 Å². The molecule has 0 saturated heterocycles. The van der Waals surface area contributed by atoms with Crippen LogP contribution in [0.2, 0.25) is 0 Å². The molecule has 0 saturated carbocycles. The van der Waals surface area contributed by atoms with Gasteiger partial charge in [-0.25, -0.2) is 0 Å². The number of nitrogens with zero attached hydrogens (tertiary/aromatic N) is 1. The van der Waals surface area contributed by atoms with Crippen LogP contribution < -0.4 is 9.47 Å². The summed E-state index contributed by atoms with van der Waals surface area (Å²) in [5.74, 6) is 3.03. The van der Waals surface area contributed by atoms with Crippen LogP contribution in [-0.2, 0) is 24.4 Å². The highest BCUT2D eigenvalue weighted by Crippen LogP contribution is 2.42. The molecule has 1 radical (unpaired) electrons. The van der Waals surface area contributed by atoms with Crippen molar-refractivity contribution in [3.05, 3.63) is 95.6 Å². The van der Waals surface area contributed by atoms with Crippen molar-refractivity contribution in [2.24, 2.45) is 0 Å². The number of ether oxygens (including phenoxy) is 3. The summed E-state index contributed by atoms with van der Waals surface area (Å²) in [4.78, 5) is 12.3. The predicted molar refractivity (Wildman–Crippen MR) is 170 cm³/mol. The number of quaternary nitrogens is 1. The van der Waals surface area contributed by atoms with Crippen LogP contribution in [0.4, 0.5) is 0 Å². The van der Waals surface area contributed by atoms with Crippen molar-refractivity contribution in [2.75, 3.05) is 58.6 Å². The lowest BCUT2D eigenvalue weighted by molar-refractivity contribution is -1.08. The number of hydrogen-bond donors (Lipinski definition) is 0. The second kappa shape index (κ2) is 17.3. The minimum absolute atomic E-state index is 0.333. The molecule has 10 heteroatoms. The summed E-state index contributed by atoms with van der Waals surface area (Å²) < 4.78 is 29.2. The molecule has 0 aromatic heterocycles. The molecular weight excluding hydrogens is 577 g/mol. The molecule has 7 nitrogen and oxygen atoms in total. The molecule has 0 spiro atoms. The van der Waals surface area contributed by atoms with Crippen LogP contribution in [0.15, 0.2) is 78.9 Å². The maximum Gasteiger partial charge on any atom is 0.421 e. The fraction of sp³-hybridized carbons (Fsp3) is 0.419. The largest absolute Gasteiger partial charge is 0.497 e. The highest BCUT2D eigenvalue weighted by molar-refractivity contribution is 8.76. The molecule has 0 fully saturated rings. The molecule has 41 heavy (non-hydrogen) atoms. The Morgan fingerprint density at radius 3 is 1.61 bits per heavy atom. The number of rotatable bonds is 19. The molecule has 3 rings (SSSR count). The van der Waals surface area contributed by atoms with Crippen molar-refractivity contribution in [3.8, 4) is 11.5 Å². The Morgan fingerprint density at radius 2 is 1.15 bits per heavy atom. The molecule has 0 aliphatic heterocycles. The highest BCUT2D eigenvalue weighted by Gasteiger charge is 2.37. The maximum atomic E-state index is 12.3. The number of benzene rings is 3. The van der Waals surface area contributed by atoms with Crippen LogP contribution in [0.25, 0.3) is 0 Å². The normalized spacial score (nSPS) is 12.7. The molecule has 0 aliphatic carbocycles. The Bertz CT molecular complexity index is 1080. The van der Waals surface area contributed by atoms with Gasteiger partial charge in [-0.05, 0) is 61.7 Å². The molecular formula is C31H42NO6PS2+. The Balaban J connectivity index is 1.66. The van der Waals surface area contributed by atoms with Crippen molar-refractivity contribution in [1.29, 1.82) is 0 Å².